The van der Waals surface area contributed by atoms with Crippen molar-refractivity contribution >= 4 is 58.7 Å². The van der Waals surface area contributed by atoms with Gasteiger partial charge in [-0.3, -0.25) is 0 Å². The summed E-state index contributed by atoms with van der Waals surface area (Å²) < 4.78 is 3.29. The van der Waals surface area contributed by atoms with E-state index in [9.17, 15) is 0 Å². The van der Waals surface area contributed by atoms with Gasteiger partial charge in [-0.15, -0.1) is 0 Å². The summed E-state index contributed by atoms with van der Waals surface area (Å²) in [5.41, 5.74) is 1.20. The van der Waals surface area contributed by atoms with E-state index in [1.807, 2.05) is 0 Å². The molecule has 8 atom stereocenters. The van der Waals surface area contributed by atoms with E-state index in [1.54, 1.807) is 18.7 Å². The van der Waals surface area contributed by atoms with E-state index in [0.717, 1.165) is 46.0 Å². The molecule has 0 radical (unpaired) electrons. The summed E-state index contributed by atoms with van der Waals surface area (Å²) in [5.74, 6) is 5.60. The Bertz CT molecular complexity index is 1020. The van der Waals surface area contributed by atoms with Gasteiger partial charge in [0, 0.05) is 0 Å². The minimum atomic E-state index is 0.536. The Kier molecular flexibility index (Phi) is 7.32. The fourth-order valence-corrected chi connectivity index (χ4v) is 19.2. The van der Waals surface area contributed by atoms with Gasteiger partial charge in [-0.25, -0.2) is 0 Å². The van der Waals surface area contributed by atoms with Gasteiger partial charge in [-0.2, -0.15) is 0 Å². The molecular weight excluding hydrogens is 606 g/mol. The molecular formula is C32H42S2Se2. The van der Waals surface area contributed by atoms with Crippen LogP contribution in [0.2, 0.25) is 0 Å². The molecule has 0 unspecified atom stereocenters. The van der Waals surface area contributed by atoms with E-state index in [4.69, 9.17) is 0 Å². The van der Waals surface area contributed by atoms with Crippen LogP contribution in [0.15, 0.2) is 58.3 Å². The topological polar surface area (TPSA) is 0 Å². The zero-order valence-corrected chi connectivity index (χ0v) is 27.8. The van der Waals surface area contributed by atoms with Crippen molar-refractivity contribution < 1.29 is 0 Å². The fraction of sp³-hybridized carbons (Fsp3) is 0.625. The maximum atomic E-state index is 2.52. The molecule has 4 aliphatic carbocycles. The first kappa shape index (κ1) is 26.4. The zero-order valence-electron chi connectivity index (χ0n) is 22.7. The molecule has 36 heavy (non-hydrogen) atoms. The van der Waals surface area contributed by atoms with Crippen molar-refractivity contribution in [1.29, 1.82) is 0 Å². The van der Waals surface area contributed by atoms with Crippen LogP contribution in [0.3, 0.4) is 0 Å². The quantitative estimate of drug-likeness (QED) is 0.290. The Hall–Kier alpha value is 0.179. The predicted octanol–water partition coefficient (Wildman–Crippen LogP) is 7.29. The van der Waals surface area contributed by atoms with Gasteiger partial charge >= 0.3 is 241 Å². The molecule has 4 saturated carbocycles. The Labute approximate surface area is 239 Å². The summed E-state index contributed by atoms with van der Waals surface area (Å²) in [5, 5.41) is 1.59. The molecule has 0 spiro atoms. The second-order valence-electron chi connectivity index (χ2n) is 13.3. The number of rotatable bonds is 7. The fourth-order valence-electron chi connectivity index (χ4n) is 7.63. The molecule has 6 rings (SSSR count). The van der Waals surface area contributed by atoms with Crippen molar-refractivity contribution in [3.8, 4) is 0 Å². The van der Waals surface area contributed by atoms with Crippen LogP contribution in [-0.4, -0.2) is 36.8 Å². The molecule has 0 heterocycles. The molecule has 194 valence electrons. The van der Waals surface area contributed by atoms with E-state index in [1.165, 1.54) is 25.7 Å². The molecule has 2 aromatic carbocycles. The van der Waals surface area contributed by atoms with E-state index in [-0.39, 0.29) is 0 Å². The molecule has 0 aliphatic heterocycles. The zero-order chi connectivity index (χ0) is 25.2. The second-order valence-corrected chi connectivity index (χ2v) is 22.1. The summed E-state index contributed by atoms with van der Waals surface area (Å²) in [6, 6.07) is 18.8. The average molecular weight is 649 g/mol. The van der Waals surface area contributed by atoms with Crippen LogP contribution < -0.4 is 8.92 Å². The van der Waals surface area contributed by atoms with Crippen LogP contribution in [0.1, 0.15) is 67.2 Å². The van der Waals surface area contributed by atoms with Gasteiger partial charge in [0.05, 0.1) is 0 Å². The van der Waals surface area contributed by atoms with Gasteiger partial charge < -0.3 is 0 Å². The van der Waals surface area contributed by atoms with Gasteiger partial charge in [0.1, 0.15) is 0 Å². The van der Waals surface area contributed by atoms with Crippen LogP contribution >= 0.6 is 23.5 Å². The molecule has 0 bridgehead atoms. The first-order chi connectivity index (χ1) is 17.2. The van der Waals surface area contributed by atoms with E-state index >= 15 is 0 Å². The molecule has 2 aromatic rings. The van der Waals surface area contributed by atoms with Gasteiger partial charge in [0.25, 0.3) is 0 Å². The maximum absolute atomic E-state index is 2.52. The third-order valence-electron chi connectivity index (χ3n) is 10.5. The minimum absolute atomic E-state index is 0.536. The molecule has 4 aliphatic rings. The standard InChI is InChI=1S/C32H42S2Se2/c1-19-15-21-23(31(21,3)4)17-27(19)33-25-11-7-9-13-29(25)35-36-30-14-10-8-12-26(30)34-28-18-24-22(16-20(28)2)32(24,5)6/h7-14,19-24,27-28H,15-18H2,1-6H3/t19-,20-,21+,22+,23-,24-,27+,28+/m1/s1. The molecule has 0 saturated heterocycles. The Morgan fingerprint density at radius 3 is 1.36 bits per heavy atom. The van der Waals surface area contributed by atoms with Crippen LogP contribution in [0.5, 0.6) is 0 Å². The number of fused-ring (bicyclic) bond motifs is 2. The van der Waals surface area contributed by atoms with Gasteiger partial charge in [0.2, 0.25) is 0 Å². The van der Waals surface area contributed by atoms with Crippen molar-refractivity contribution in [3.05, 3.63) is 48.5 Å². The number of hydrogen-bond donors (Lipinski definition) is 0. The number of thioether (sulfide) groups is 2. The van der Waals surface area contributed by atoms with Crippen LogP contribution in [0, 0.1) is 46.3 Å². The monoisotopic (exact) mass is 650 g/mol. The van der Waals surface area contributed by atoms with Crippen LogP contribution in [-0.2, 0) is 0 Å². The number of hydrogen-bond acceptors (Lipinski definition) is 2. The number of benzene rings is 2. The van der Waals surface area contributed by atoms with Crippen molar-refractivity contribution in [3.63, 3.8) is 0 Å². The van der Waals surface area contributed by atoms with Crippen LogP contribution in [0.25, 0.3) is 0 Å². The molecule has 0 nitrogen and oxygen atoms in total. The molecule has 4 fully saturated rings. The van der Waals surface area contributed by atoms with Gasteiger partial charge in [0.15, 0.2) is 0 Å². The van der Waals surface area contributed by atoms with E-state index < -0.39 is 0 Å². The first-order valence-electron chi connectivity index (χ1n) is 14.0. The Morgan fingerprint density at radius 2 is 0.944 bits per heavy atom. The normalized spacial score (nSPS) is 37.6. The molecule has 0 N–H and O–H groups in total. The predicted molar refractivity (Wildman–Crippen MR) is 161 cm³/mol. The van der Waals surface area contributed by atoms with Crippen molar-refractivity contribution in [2.45, 2.75) is 87.5 Å². The summed E-state index contributed by atoms with van der Waals surface area (Å²) >= 11 is 5.52. The van der Waals surface area contributed by atoms with E-state index in [2.05, 4.69) is 114 Å². The Balaban J connectivity index is 1.12. The SMILES string of the molecule is C[C@@H]1C[C@H]2[C@@H](C[C@@H]1Sc1ccccc1[Se][Se]c1ccccc1S[C@H]1C[C@@H]3[C@H](C[C@H]1C)C3(C)C)C2(C)C. The third kappa shape index (κ3) is 4.95. The van der Waals surface area contributed by atoms with Crippen molar-refractivity contribution in [2.75, 3.05) is 0 Å². The summed E-state index contributed by atoms with van der Waals surface area (Å²) in [6.07, 6.45) is 5.73. The summed E-state index contributed by atoms with van der Waals surface area (Å²) in [6.45, 7) is 15.1. The van der Waals surface area contributed by atoms with Crippen molar-refractivity contribution in [2.24, 2.45) is 46.3 Å². The summed E-state index contributed by atoms with van der Waals surface area (Å²) in [4.78, 5) is 3.17. The average Bonchev–Trinajstić information content (AvgIpc) is 3.60. The van der Waals surface area contributed by atoms with Gasteiger partial charge in [-0.05, 0) is 0 Å². The Morgan fingerprint density at radius 1 is 0.583 bits per heavy atom. The molecule has 0 amide bonds. The van der Waals surface area contributed by atoms with Crippen LogP contribution in [0.4, 0.5) is 0 Å². The van der Waals surface area contributed by atoms with Crippen molar-refractivity contribution in [1.82, 2.24) is 0 Å². The van der Waals surface area contributed by atoms with Gasteiger partial charge in [-0.1, -0.05) is 0 Å². The second kappa shape index (κ2) is 9.98. The summed E-state index contributed by atoms with van der Waals surface area (Å²) in [7, 11) is 0. The first-order valence-corrected chi connectivity index (χ1v) is 21.8. The molecule has 4 heteroatoms. The third-order valence-corrected chi connectivity index (χ3v) is 21.5. The molecule has 0 aromatic heterocycles. The van der Waals surface area contributed by atoms with E-state index in [0.29, 0.717) is 37.1 Å².